The Bertz CT molecular complexity index is 1050. The summed E-state index contributed by atoms with van der Waals surface area (Å²) in [7, 11) is 1.06. The van der Waals surface area contributed by atoms with Crippen molar-refractivity contribution in [3.63, 3.8) is 0 Å². The van der Waals surface area contributed by atoms with Crippen LogP contribution in [0.25, 0.3) is 0 Å². The predicted molar refractivity (Wildman–Crippen MR) is 203 cm³/mol. The van der Waals surface area contributed by atoms with Crippen molar-refractivity contribution in [3.05, 3.63) is 36.5 Å². The summed E-state index contributed by atoms with van der Waals surface area (Å²) in [6.45, 7) is 4.22. The Labute approximate surface area is 309 Å². The first-order valence-corrected chi connectivity index (χ1v) is 21.1. The maximum absolute atomic E-state index is 12.9. The average Bonchev–Trinajstić information content (AvgIpc) is 3.33. The molecule has 11 nitrogen and oxygen atoms in total. The van der Waals surface area contributed by atoms with Crippen LogP contribution in [0.2, 0.25) is 0 Å². The summed E-state index contributed by atoms with van der Waals surface area (Å²) in [5.74, 6) is -1.01. The lowest BCUT2D eigenvalue weighted by atomic mass is 9.89. The molecule has 1 saturated carbocycles. The Morgan fingerprint density at radius 2 is 1.51 bits per heavy atom. The van der Waals surface area contributed by atoms with Crippen LogP contribution < -0.4 is 10.2 Å². The van der Waals surface area contributed by atoms with Gasteiger partial charge in [0.2, 0.25) is 5.91 Å². The van der Waals surface area contributed by atoms with Gasteiger partial charge in [-0.05, 0) is 31.6 Å². The van der Waals surface area contributed by atoms with Gasteiger partial charge in [-0.3, -0.25) is 9.36 Å². The Morgan fingerprint density at radius 1 is 0.882 bits per heavy atom. The Kier molecular flexibility index (Phi) is 25.4. The lowest BCUT2D eigenvalue weighted by molar-refractivity contribution is -0.870. The SMILES string of the molecule is CCCCCCCCCCC/C=C/[C@@H](O)[C@H](COP(=O)([O-])OCC[N+](C)(C)C)NC(=O)C/C=C\C[C@H]1[C@@H](/C=C/[C@H](O)CCCCC)[C@H](O)C[C@@H]1O. The third-order valence-electron chi connectivity index (χ3n) is 9.44. The second-order valence-electron chi connectivity index (χ2n) is 15.3. The van der Waals surface area contributed by atoms with Crippen molar-refractivity contribution in [2.75, 3.05) is 40.9 Å². The molecule has 5 N–H and O–H groups in total. The molecule has 1 amide bonds. The molecule has 0 aliphatic heterocycles. The molecular weight excluding hydrogens is 671 g/mol. The minimum absolute atomic E-state index is 0.0393. The van der Waals surface area contributed by atoms with Gasteiger partial charge in [-0.15, -0.1) is 0 Å². The maximum Gasteiger partial charge on any atom is 0.268 e. The number of phosphoric ester groups is 1. The summed E-state index contributed by atoms with van der Waals surface area (Å²) in [5.41, 5.74) is 0. The number of amides is 1. The highest BCUT2D eigenvalue weighted by molar-refractivity contribution is 7.45. The first-order chi connectivity index (χ1) is 24.2. The number of likely N-dealkylation sites (N-methyl/N-ethyl adjacent to an activating group) is 1. The second kappa shape index (κ2) is 27.2. The highest BCUT2D eigenvalue weighted by Crippen LogP contribution is 2.38. The topological polar surface area (TPSA) is 169 Å². The molecule has 0 aromatic heterocycles. The van der Waals surface area contributed by atoms with Crippen LogP contribution in [0.15, 0.2) is 36.5 Å². The highest BCUT2D eigenvalue weighted by atomic mass is 31.2. The molecule has 1 aliphatic rings. The molecule has 1 fully saturated rings. The molecule has 0 aromatic carbocycles. The second-order valence-corrected chi connectivity index (χ2v) is 16.7. The van der Waals surface area contributed by atoms with Gasteiger partial charge in [-0.1, -0.05) is 121 Å². The van der Waals surface area contributed by atoms with Crippen molar-refractivity contribution in [1.29, 1.82) is 0 Å². The van der Waals surface area contributed by atoms with Crippen molar-refractivity contribution in [2.24, 2.45) is 11.8 Å². The normalized spacial score (nSPS) is 22.9. The average molecular weight is 745 g/mol. The third kappa shape index (κ3) is 23.8. The minimum Gasteiger partial charge on any atom is -0.756 e. The van der Waals surface area contributed by atoms with Crippen LogP contribution in [0.3, 0.4) is 0 Å². The van der Waals surface area contributed by atoms with E-state index in [9.17, 15) is 34.7 Å². The molecule has 0 heterocycles. The third-order valence-corrected chi connectivity index (χ3v) is 10.4. The van der Waals surface area contributed by atoms with E-state index in [1.165, 1.54) is 44.9 Å². The minimum atomic E-state index is -4.67. The summed E-state index contributed by atoms with van der Waals surface area (Å²) in [5, 5.41) is 45.0. The number of hydrogen-bond donors (Lipinski definition) is 5. The first-order valence-electron chi connectivity index (χ1n) is 19.6. The summed E-state index contributed by atoms with van der Waals surface area (Å²) in [4.78, 5) is 25.4. The van der Waals surface area contributed by atoms with E-state index in [0.717, 1.165) is 38.5 Å². The number of nitrogens with zero attached hydrogens (tertiary/aromatic N) is 1. The molecule has 0 spiro atoms. The molecule has 0 aromatic rings. The van der Waals surface area contributed by atoms with Crippen LogP contribution >= 0.6 is 7.82 Å². The van der Waals surface area contributed by atoms with E-state index in [2.05, 4.69) is 19.2 Å². The quantitative estimate of drug-likeness (QED) is 0.0268. The Morgan fingerprint density at radius 3 is 2.16 bits per heavy atom. The number of rotatable bonds is 30. The van der Waals surface area contributed by atoms with E-state index in [1.54, 1.807) is 30.4 Å². The zero-order valence-electron chi connectivity index (χ0n) is 32.4. The van der Waals surface area contributed by atoms with Gasteiger partial charge in [0.1, 0.15) is 13.2 Å². The fourth-order valence-electron chi connectivity index (χ4n) is 6.18. The van der Waals surface area contributed by atoms with Crippen LogP contribution in [0, 0.1) is 11.8 Å². The van der Waals surface area contributed by atoms with Gasteiger partial charge in [-0.2, -0.15) is 0 Å². The van der Waals surface area contributed by atoms with E-state index in [4.69, 9.17) is 9.05 Å². The largest absolute Gasteiger partial charge is 0.756 e. The van der Waals surface area contributed by atoms with Crippen molar-refractivity contribution < 1.29 is 48.2 Å². The molecule has 1 unspecified atom stereocenters. The number of unbranched alkanes of at least 4 members (excludes halogenated alkanes) is 11. The lowest BCUT2D eigenvalue weighted by Crippen LogP contribution is -2.45. The van der Waals surface area contributed by atoms with Gasteiger partial charge in [0, 0.05) is 18.8 Å². The van der Waals surface area contributed by atoms with E-state index >= 15 is 0 Å². The molecular formula is C39H73N2O9P. The standard InChI is InChI=1S/C39H73N2O9P/c1-6-8-10-11-12-13-14-15-16-17-19-24-36(43)35(31-50-51(47,48)49-29-28-41(3,4)5)40-39(46)25-21-20-23-33-34(38(45)30-37(33)44)27-26-32(42)22-18-9-7-2/h19-21,24,26-27,32-38,42-45H,6-18,22-23,25,28-31H2,1-5H3,(H-,40,46,47,48)/b21-20-,24-19+,27-26+/t32-,33+,34-,35+,36-,37+,38-/m1/s1. The molecule has 1 aliphatic carbocycles. The van der Waals surface area contributed by atoms with E-state index in [-0.39, 0.29) is 31.3 Å². The number of aliphatic hydroxyl groups is 4. The van der Waals surface area contributed by atoms with Crippen LogP contribution in [0.5, 0.6) is 0 Å². The number of carbonyl (C=O) groups excluding carboxylic acids is 1. The Balaban J connectivity index is 2.73. The van der Waals surface area contributed by atoms with Crippen molar-refractivity contribution in [1.82, 2.24) is 5.32 Å². The maximum atomic E-state index is 12.9. The number of carbonyl (C=O) groups is 1. The Hall–Kier alpha value is -1.40. The number of hydrogen-bond acceptors (Lipinski definition) is 9. The number of nitrogens with one attached hydrogen (secondary N) is 1. The number of phosphoric acid groups is 1. The molecule has 298 valence electrons. The molecule has 1 rings (SSSR count). The number of quaternary nitrogens is 1. The van der Waals surface area contributed by atoms with E-state index in [1.807, 2.05) is 27.2 Å². The summed E-state index contributed by atoms with van der Waals surface area (Å²) < 4.78 is 23.0. The zero-order valence-corrected chi connectivity index (χ0v) is 33.3. The fraction of sp³-hybridized carbons (Fsp3) is 0.821. The van der Waals surface area contributed by atoms with Crippen LogP contribution in [-0.2, 0) is 18.4 Å². The molecule has 12 heteroatoms. The number of aliphatic hydroxyl groups excluding tert-OH is 4. The van der Waals surface area contributed by atoms with Gasteiger partial charge < -0.3 is 44.2 Å². The van der Waals surface area contributed by atoms with Crippen LogP contribution in [0.4, 0.5) is 0 Å². The number of allylic oxidation sites excluding steroid dienone is 2. The van der Waals surface area contributed by atoms with Crippen molar-refractivity contribution in [3.8, 4) is 0 Å². The van der Waals surface area contributed by atoms with Gasteiger partial charge in [0.05, 0.1) is 58.2 Å². The predicted octanol–water partition coefficient (Wildman–Crippen LogP) is 5.71. The molecule has 0 radical (unpaired) electrons. The van der Waals surface area contributed by atoms with Gasteiger partial charge >= 0.3 is 0 Å². The smallest absolute Gasteiger partial charge is 0.268 e. The molecule has 0 saturated heterocycles. The summed E-state index contributed by atoms with van der Waals surface area (Å²) in [6.07, 6.45) is 23.2. The van der Waals surface area contributed by atoms with Crippen molar-refractivity contribution in [2.45, 2.75) is 153 Å². The molecule has 8 atom stereocenters. The van der Waals surface area contributed by atoms with Crippen LogP contribution in [-0.4, -0.2) is 102 Å². The highest BCUT2D eigenvalue weighted by Gasteiger charge is 2.39. The monoisotopic (exact) mass is 745 g/mol. The summed E-state index contributed by atoms with van der Waals surface area (Å²) >= 11 is 0. The summed E-state index contributed by atoms with van der Waals surface area (Å²) in [6, 6.07) is -1.03. The molecule has 51 heavy (non-hydrogen) atoms. The fourth-order valence-corrected chi connectivity index (χ4v) is 6.90. The van der Waals surface area contributed by atoms with Gasteiger partial charge in [0.25, 0.3) is 7.82 Å². The lowest BCUT2D eigenvalue weighted by Gasteiger charge is -2.29. The molecule has 0 bridgehead atoms. The van der Waals surface area contributed by atoms with E-state index < -0.39 is 50.8 Å². The first kappa shape index (κ1) is 47.6. The van der Waals surface area contributed by atoms with Gasteiger partial charge in [0.15, 0.2) is 0 Å². The zero-order chi connectivity index (χ0) is 38.1. The van der Waals surface area contributed by atoms with E-state index in [0.29, 0.717) is 23.9 Å². The van der Waals surface area contributed by atoms with Crippen LogP contribution in [0.1, 0.15) is 123 Å². The van der Waals surface area contributed by atoms with Gasteiger partial charge in [-0.25, -0.2) is 0 Å². The van der Waals surface area contributed by atoms with Crippen molar-refractivity contribution >= 4 is 13.7 Å².